The van der Waals surface area contributed by atoms with Gasteiger partial charge in [-0.25, -0.2) is 0 Å². The predicted octanol–water partition coefficient (Wildman–Crippen LogP) is 2.04. The molecule has 1 saturated carbocycles. The Kier molecular flexibility index (Phi) is 3.33. The van der Waals surface area contributed by atoms with E-state index in [-0.39, 0.29) is 5.91 Å². The molecule has 1 saturated heterocycles. The van der Waals surface area contributed by atoms with Crippen LogP contribution >= 0.6 is 0 Å². The van der Waals surface area contributed by atoms with Crippen molar-refractivity contribution in [1.29, 1.82) is 0 Å². The van der Waals surface area contributed by atoms with Crippen LogP contribution in [0.1, 0.15) is 36.0 Å². The van der Waals surface area contributed by atoms with Gasteiger partial charge >= 0.3 is 0 Å². The number of hydrogen-bond acceptors (Lipinski definition) is 2. The Morgan fingerprint density at radius 1 is 1.17 bits per heavy atom. The highest BCUT2D eigenvalue weighted by atomic mass is 16.2. The van der Waals surface area contributed by atoms with Crippen LogP contribution in [-0.4, -0.2) is 36.0 Å². The molecule has 2 atom stereocenters. The van der Waals surface area contributed by atoms with E-state index in [4.69, 9.17) is 0 Å². The Labute approximate surface area is 108 Å². The number of nitrogens with zero attached hydrogens (tertiary/aromatic N) is 1. The molecule has 3 rings (SSSR count). The zero-order chi connectivity index (χ0) is 12.4. The lowest BCUT2D eigenvalue weighted by Crippen LogP contribution is -2.60. The Morgan fingerprint density at radius 2 is 1.94 bits per heavy atom. The van der Waals surface area contributed by atoms with E-state index < -0.39 is 0 Å². The van der Waals surface area contributed by atoms with E-state index in [2.05, 4.69) is 10.2 Å². The van der Waals surface area contributed by atoms with Gasteiger partial charge in [-0.05, 0) is 25.0 Å². The van der Waals surface area contributed by atoms with Crippen molar-refractivity contribution in [3.05, 3.63) is 35.9 Å². The standard InChI is InChI=1S/C15H20N2O/c18-15(12-6-2-1-3-7-12)17-11-10-16-13-8-4-5-9-14(13)17/h1-3,6-7,13-14,16H,4-5,8-11H2/t13-,14+/m1/s1. The minimum atomic E-state index is 0.203. The second kappa shape index (κ2) is 5.11. The number of piperazine rings is 1. The van der Waals surface area contributed by atoms with Crippen LogP contribution < -0.4 is 5.32 Å². The summed E-state index contributed by atoms with van der Waals surface area (Å²) in [7, 11) is 0. The average Bonchev–Trinajstić information content (AvgIpc) is 2.47. The first-order chi connectivity index (χ1) is 8.86. The monoisotopic (exact) mass is 244 g/mol. The van der Waals surface area contributed by atoms with Gasteiger partial charge in [0.2, 0.25) is 0 Å². The van der Waals surface area contributed by atoms with Gasteiger partial charge in [0.15, 0.2) is 0 Å². The third kappa shape index (κ3) is 2.15. The molecule has 1 aliphatic carbocycles. The highest BCUT2D eigenvalue weighted by molar-refractivity contribution is 5.94. The van der Waals surface area contributed by atoms with Crippen molar-refractivity contribution in [2.75, 3.05) is 13.1 Å². The number of hydrogen-bond donors (Lipinski definition) is 1. The quantitative estimate of drug-likeness (QED) is 0.820. The highest BCUT2D eigenvalue weighted by Gasteiger charge is 2.35. The molecular formula is C15H20N2O. The number of nitrogens with one attached hydrogen (secondary N) is 1. The molecule has 1 aromatic rings. The first-order valence-electron chi connectivity index (χ1n) is 6.95. The first-order valence-corrected chi connectivity index (χ1v) is 6.95. The molecule has 0 aromatic heterocycles. The van der Waals surface area contributed by atoms with Crippen LogP contribution in [0.2, 0.25) is 0 Å². The number of benzene rings is 1. The van der Waals surface area contributed by atoms with E-state index in [1.807, 2.05) is 30.3 Å². The van der Waals surface area contributed by atoms with Crippen molar-refractivity contribution < 1.29 is 4.79 Å². The molecule has 1 aromatic carbocycles. The Hall–Kier alpha value is -1.35. The molecule has 0 unspecified atom stereocenters. The topological polar surface area (TPSA) is 32.3 Å². The van der Waals surface area contributed by atoms with E-state index >= 15 is 0 Å². The summed E-state index contributed by atoms with van der Waals surface area (Å²) in [6.07, 6.45) is 4.91. The van der Waals surface area contributed by atoms with Gasteiger partial charge in [-0.2, -0.15) is 0 Å². The van der Waals surface area contributed by atoms with E-state index in [1.54, 1.807) is 0 Å². The van der Waals surface area contributed by atoms with E-state index in [9.17, 15) is 4.79 Å². The molecule has 3 heteroatoms. The van der Waals surface area contributed by atoms with Crippen molar-refractivity contribution >= 4 is 5.91 Å². The summed E-state index contributed by atoms with van der Waals surface area (Å²) in [6, 6.07) is 10.6. The second-order valence-corrected chi connectivity index (χ2v) is 5.28. The third-order valence-electron chi connectivity index (χ3n) is 4.17. The number of rotatable bonds is 1. The normalized spacial score (nSPS) is 27.7. The summed E-state index contributed by atoms with van der Waals surface area (Å²) in [5.41, 5.74) is 0.823. The van der Waals surface area contributed by atoms with Crippen LogP contribution in [0.4, 0.5) is 0 Å². The smallest absolute Gasteiger partial charge is 0.254 e. The molecule has 0 radical (unpaired) electrons. The van der Waals surface area contributed by atoms with Crippen molar-refractivity contribution in [2.24, 2.45) is 0 Å². The fourth-order valence-electron chi connectivity index (χ4n) is 3.26. The van der Waals surface area contributed by atoms with Crippen LogP contribution in [0, 0.1) is 0 Å². The zero-order valence-corrected chi connectivity index (χ0v) is 10.6. The molecule has 1 N–H and O–H groups in total. The van der Waals surface area contributed by atoms with Gasteiger partial charge in [0, 0.05) is 30.7 Å². The Bertz CT molecular complexity index is 416. The fraction of sp³-hybridized carbons (Fsp3) is 0.533. The number of carbonyl (C=O) groups is 1. The Balaban J connectivity index is 1.80. The zero-order valence-electron chi connectivity index (χ0n) is 10.6. The van der Waals surface area contributed by atoms with Crippen LogP contribution in [-0.2, 0) is 0 Å². The first kappa shape index (κ1) is 11.7. The van der Waals surface area contributed by atoms with Crippen molar-refractivity contribution in [3.63, 3.8) is 0 Å². The van der Waals surface area contributed by atoms with Crippen LogP contribution in [0.25, 0.3) is 0 Å². The van der Waals surface area contributed by atoms with Crippen LogP contribution in [0.5, 0.6) is 0 Å². The van der Waals surface area contributed by atoms with Crippen LogP contribution in [0.3, 0.4) is 0 Å². The molecule has 3 nitrogen and oxygen atoms in total. The summed E-state index contributed by atoms with van der Waals surface area (Å²) in [5, 5.41) is 3.56. The van der Waals surface area contributed by atoms with E-state index in [0.29, 0.717) is 12.1 Å². The largest absolute Gasteiger partial charge is 0.333 e. The second-order valence-electron chi connectivity index (χ2n) is 5.28. The van der Waals surface area contributed by atoms with Gasteiger partial charge in [-0.15, -0.1) is 0 Å². The highest BCUT2D eigenvalue weighted by Crippen LogP contribution is 2.26. The number of carbonyl (C=O) groups excluding carboxylic acids is 1. The maximum absolute atomic E-state index is 12.6. The maximum atomic E-state index is 12.6. The van der Waals surface area contributed by atoms with E-state index in [0.717, 1.165) is 25.1 Å². The van der Waals surface area contributed by atoms with Crippen molar-refractivity contribution in [1.82, 2.24) is 10.2 Å². The third-order valence-corrected chi connectivity index (χ3v) is 4.17. The molecule has 18 heavy (non-hydrogen) atoms. The van der Waals surface area contributed by atoms with E-state index in [1.165, 1.54) is 19.3 Å². The summed E-state index contributed by atoms with van der Waals surface area (Å²) in [4.78, 5) is 14.6. The van der Waals surface area contributed by atoms with Gasteiger partial charge in [-0.3, -0.25) is 4.79 Å². The lowest BCUT2D eigenvalue weighted by atomic mass is 9.87. The molecule has 0 spiro atoms. The Morgan fingerprint density at radius 3 is 2.78 bits per heavy atom. The molecule has 1 aliphatic heterocycles. The molecule has 2 fully saturated rings. The van der Waals surface area contributed by atoms with Crippen molar-refractivity contribution in [2.45, 2.75) is 37.8 Å². The summed E-state index contributed by atoms with van der Waals surface area (Å²) in [6.45, 7) is 1.77. The van der Waals surface area contributed by atoms with Crippen molar-refractivity contribution in [3.8, 4) is 0 Å². The number of amides is 1. The summed E-state index contributed by atoms with van der Waals surface area (Å²) in [5.74, 6) is 0.203. The minimum absolute atomic E-state index is 0.203. The van der Waals surface area contributed by atoms with Gasteiger partial charge in [0.05, 0.1) is 0 Å². The average molecular weight is 244 g/mol. The van der Waals surface area contributed by atoms with Gasteiger partial charge in [-0.1, -0.05) is 31.0 Å². The lowest BCUT2D eigenvalue weighted by Gasteiger charge is -2.44. The summed E-state index contributed by atoms with van der Waals surface area (Å²) >= 11 is 0. The lowest BCUT2D eigenvalue weighted by molar-refractivity contribution is 0.0489. The molecule has 96 valence electrons. The van der Waals surface area contributed by atoms with Gasteiger partial charge < -0.3 is 10.2 Å². The maximum Gasteiger partial charge on any atom is 0.254 e. The van der Waals surface area contributed by atoms with Gasteiger partial charge in [0.25, 0.3) is 5.91 Å². The predicted molar refractivity (Wildman–Crippen MR) is 71.5 cm³/mol. The van der Waals surface area contributed by atoms with Crippen LogP contribution in [0.15, 0.2) is 30.3 Å². The molecule has 1 heterocycles. The van der Waals surface area contributed by atoms with Gasteiger partial charge in [0.1, 0.15) is 0 Å². The fourth-order valence-corrected chi connectivity index (χ4v) is 3.26. The molecule has 0 bridgehead atoms. The molecular weight excluding hydrogens is 224 g/mol. The SMILES string of the molecule is O=C(c1ccccc1)N1CCN[C@@H]2CCCC[C@@H]21. The summed E-state index contributed by atoms with van der Waals surface area (Å²) < 4.78 is 0. The number of fused-ring (bicyclic) bond motifs is 1. The molecule has 1 amide bonds. The minimum Gasteiger partial charge on any atom is -0.333 e. The molecule has 2 aliphatic rings.